The molecule has 1 amide bonds. The number of hydrogen-bond donors (Lipinski definition) is 1. The summed E-state index contributed by atoms with van der Waals surface area (Å²) >= 11 is 0. The summed E-state index contributed by atoms with van der Waals surface area (Å²) < 4.78 is 0. The van der Waals surface area contributed by atoms with Crippen LogP contribution in [0.1, 0.15) is 27.9 Å². The standard InChI is InChI=1S/C19H25N3O/c1-13-9-14(2)17(15(3)10-13)11-22(5)12-19(23)21-18-8-6-7-16(4)20-18/h6-10H,11-12H2,1-5H3,(H,20,21,23). The van der Waals surface area contributed by atoms with Crippen molar-refractivity contribution in [3.8, 4) is 0 Å². The molecule has 2 rings (SSSR count). The van der Waals surface area contributed by atoms with E-state index in [1.807, 2.05) is 31.0 Å². The van der Waals surface area contributed by atoms with E-state index >= 15 is 0 Å². The number of likely N-dealkylation sites (N-methyl/N-ethyl adjacent to an activating group) is 1. The van der Waals surface area contributed by atoms with E-state index in [1.165, 1.54) is 22.3 Å². The van der Waals surface area contributed by atoms with Crippen LogP contribution in [0.25, 0.3) is 0 Å². The van der Waals surface area contributed by atoms with Crippen LogP contribution in [0.2, 0.25) is 0 Å². The molecule has 0 aliphatic rings. The molecule has 23 heavy (non-hydrogen) atoms. The van der Waals surface area contributed by atoms with E-state index in [0.29, 0.717) is 12.4 Å². The zero-order valence-electron chi connectivity index (χ0n) is 14.6. The van der Waals surface area contributed by atoms with Crippen molar-refractivity contribution in [1.82, 2.24) is 9.88 Å². The molecular formula is C19H25N3O. The number of hydrogen-bond acceptors (Lipinski definition) is 3. The average Bonchev–Trinajstić information content (AvgIpc) is 2.42. The van der Waals surface area contributed by atoms with Crippen LogP contribution in [0.4, 0.5) is 5.82 Å². The molecule has 0 unspecified atom stereocenters. The first-order chi connectivity index (χ1) is 10.8. The van der Waals surface area contributed by atoms with Crippen LogP contribution in [0, 0.1) is 27.7 Å². The first-order valence-electron chi connectivity index (χ1n) is 7.84. The molecule has 1 aromatic heterocycles. The predicted molar refractivity (Wildman–Crippen MR) is 94.6 cm³/mol. The van der Waals surface area contributed by atoms with Crippen LogP contribution in [0.5, 0.6) is 0 Å². The third-order valence-electron chi connectivity index (χ3n) is 3.84. The number of amides is 1. The van der Waals surface area contributed by atoms with E-state index in [9.17, 15) is 4.79 Å². The molecule has 4 heteroatoms. The highest BCUT2D eigenvalue weighted by atomic mass is 16.2. The lowest BCUT2D eigenvalue weighted by Gasteiger charge is -2.19. The van der Waals surface area contributed by atoms with Gasteiger partial charge in [0.05, 0.1) is 6.54 Å². The summed E-state index contributed by atoms with van der Waals surface area (Å²) in [6, 6.07) is 9.98. The molecule has 0 bridgehead atoms. The van der Waals surface area contributed by atoms with E-state index in [1.54, 1.807) is 6.07 Å². The summed E-state index contributed by atoms with van der Waals surface area (Å²) in [7, 11) is 1.96. The van der Waals surface area contributed by atoms with Gasteiger partial charge in [-0.05, 0) is 63.6 Å². The van der Waals surface area contributed by atoms with Crippen LogP contribution in [-0.2, 0) is 11.3 Å². The van der Waals surface area contributed by atoms with Gasteiger partial charge in [0.15, 0.2) is 0 Å². The number of carbonyl (C=O) groups is 1. The SMILES string of the molecule is Cc1cc(C)c(CN(C)CC(=O)Nc2cccc(C)n2)c(C)c1. The normalized spacial score (nSPS) is 10.9. The summed E-state index contributed by atoms with van der Waals surface area (Å²) in [5.74, 6) is 0.555. The molecule has 1 aromatic carbocycles. The maximum absolute atomic E-state index is 12.2. The van der Waals surface area contributed by atoms with Gasteiger partial charge in [0.1, 0.15) is 5.82 Å². The van der Waals surface area contributed by atoms with Crippen LogP contribution < -0.4 is 5.32 Å². The number of nitrogens with one attached hydrogen (secondary N) is 1. The summed E-state index contributed by atoms with van der Waals surface area (Å²) in [5, 5.41) is 2.85. The quantitative estimate of drug-likeness (QED) is 0.920. The van der Waals surface area contributed by atoms with E-state index in [4.69, 9.17) is 0 Å². The molecule has 122 valence electrons. The van der Waals surface area contributed by atoms with Gasteiger partial charge in [-0.25, -0.2) is 4.98 Å². The fraction of sp³-hybridized carbons (Fsp3) is 0.368. The fourth-order valence-corrected chi connectivity index (χ4v) is 2.83. The zero-order valence-corrected chi connectivity index (χ0v) is 14.6. The minimum Gasteiger partial charge on any atom is -0.310 e. The first kappa shape index (κ1) is 17.2. The van der Waals surface area contributed by atoms with Crippen molar-refractivity contribution in [3.05, 3.63) is 58.3 Å². The summed E-state index contributed by atoms with van der Waals surface area (Å²) in [6.07, 6.45) is 0. The highest BCUT2D eigenvalue weighted by Crippen LogP contribution is 2.17. The van der Waals surface area contributed by atoms with Crippen LogP contribution >= 0.6 is 0 Å². The smallest absolute Gasteiger partial charge is 0.239 e. The number of aryl methyl sites for hydroxylation is 4. The van der Waals surface area contributed by atoms with Gasteiger partial charge in [-0.2, -0.15) is 0 Å². The first-order valence-corrected chi connectivity index (χ1v) is 7.84. The van der Waals surface area contributed by atoms with Gasteiger partial charge in [0.2, 0.25) is 5.91 Å². The van der Waals surface area contributed by atoms with Crippen molar-refractivity contribution in [3.63, 3.8) is 0 Å². The Hall–Kier alpha value is -2.20. The summed E-state index contributed by atoms with van der Waals surface area (Å²) in [6.45, 7) is 9.36. The number of benzene rings is 1. The number of pyridine rings is 1. The highest BCUT2D eigenvalue weighted by Gasteiger charge is 2.11. The Morgan fingerprint density at radius 3 is 2.39 bits per heavy atom. The Labute approximate surface area is 138 Å². The molecule has 1 N–H and O–H groups in total. The minimum absolute atomic E-state index is 0.0481. The van der Waals surface area contributed by atoms with Gasteiger partial charge in [0, 0.05) is 12.2 Å². The molecule has 0 saturated carbocycles. The Balaban J connectivity index is 1.97. The van der Waals surface area contributed by atoms with Crippen molar-refractivity contribution >= 4 is 11.7 Å². The van der Waals surface area contributed by atoms with Gasteiger partial charge >= 0.3 is 0 Å². The largest absolute Gasteiger partial charge is 0.310 e. The van der Waals surface area contributed by atoms with E-state index < -0.39 is 0 Å². The number of rotatable bonds is 5. The molecular weight excluding hydrogens is 286 g/mol. The van der Waals surface area contributed by atoms with Crippen LogP contribution in [0.15, 0.2) is 30.3 Å². The zero-order chi connectivity index (χ0) is 17.0. The molecule has 2 aromatic rings. The number of aromatic nitrogens is 1. The third-order valence-corrected chi connectivity index (χ3v) is 3.84. The molecule has 0 spiro atoms. The number of carbonyl (C=O) groups excluding carboxylic acids is 1. The Morgan fingerprint density at radius 1 is 1.13 bits per heavy atom. The monoisotopic (exact) mass is 311 g/mol. The topological polar surface area (TPSA) is 45.2 Å². The molecule has 1 heterocycles. The molecule has 4 nitrogen and oxygen atoms in total. The van der Waals surface area contributed by atoms with Gasteiger partial charge in [-0.3, -0.25) is 9.69 Å². The van der Waals surface area contributed by atoms with Crippen molar-refractivity contribution in [2.45, 2.75) is 34.2 Å². The predicted octanol–water partition coefficient (Wildman–Crippen LogP) is 3.39. The lowest BCUT2D eigenvalue weighted by molar-refractivity contribution is -0.117. The molecule has 0 saturated heterocycles. The van der Waals surface area contributed by atoms with Gasteiger partial charge in [0.25, 0.3) is 0 Å². The summed E-state index contributed by atoms with van der Waals surface area (Å²) in [4.78, 5) is 18.5. The van der Waals surface area contributed by atoms with E-state index in [-0.39, 0.29) is 5.91 Å². The molecule has 0 atom stereocenters. The third kappa shape index (κ3) is 4.89. The maximum Gasteiger partial charge on any atom is 0.239 e. The lowest BCUT2D eigenvalue weighted by Crippen LogP contribution is -2.30. The Morgan fingerprint density at radius 2 is 1.78 bits per heavy atom. The second-order valence-electron chi connectivity index (χ2n) is 6.26. The average molecular weight is 311 g/mol. The second-order valence-corrected chi connectivity index (χ2v) is 6.26. The Bertz CT molecular complexity index is 687. The van der Waals surface area contributed by atoms with Crippen molar-refractivity contribution in [2.24, 2.45) is 0 Å². The molecule has 0 radical (unpaired) electrons. The second kappa shape index (κ2) is 7.38. The summed E-state index contributed by atoms with van der Waals surface area (Å²) in [5.41, 5.74) is 6.00. The van der Waals surface area contributed by atoms with Crippen molar-refractivity contribution in [1.29, 1.82) is 0 Å². The van der Waals surface area contributed by atoms with Gasteiger partial charge in [-0.15, -0.1) is 0 Å². The number of anilines is 1. The molecule has 0 aliphatic heterocycles. The fourth-order valence-electron chi connectivity index (χ4n) is 2.83. The van der Waals surface area contributed by atoms with Crippen LogP contribution in [-0.4, -0.2) is 29.4 Å². The van der Waals surface area contributed by atoms with E-state index in [0.717, 1.165) is 12.2 Å². The maximum atomic E-state index is 12.2. The van der Waals surface area contributed by atoms with Gasteiger partial charge < -0.3 is 5.32 Å². The van der Waals surface area contributed by atoms with Crippen molar-refractivity contribution in [2.75, 3.05) is 18.9 Å². The van der Waals surface area contributed by atoms with E-state index in [2.05, 4.69) is 43.2 Å². The minimum atomic E-state index is -0.0481. The highest BCUT2D eigenvalue weighted by molar-refractivity contribution is 5.91. The Kier molecular flexibility index (Phi) is 5.50. The van der Waals surface area contributed by atoms with Crippen molar-refractivity contribution < 1.29 is 4.79 Å². The number of nitrogens with zero attached hydrogens (tertiary/aromatic N) is 2. The van der Waals surface area contributed by atoms with Gasteiger partial charge in [-0.1, -0.05) is 23.8 Å². The van der Waals surface area contributed by atoms with Crippen LogP contribution in [0.3, 0.4) is 0 Å². The lowest BCUT2D eigenvalue weighted by atomic mass is 9.99. The molecule has 0 aliphatic carbocycles. The molecule has 0 fully saturated rings.